The highest BCUT2D eigenvalue weighted by molar-refractivity contribution is 6.35. The molecule has 1 aliphatic rings. The Labute approximate surface area is 88.0 Å². The van der Waals surface area contributed by atoms with E-state index in [4.69, 9.17) is 23.2 Å². The lowest BCUT2D eigenvalue weighted by atomic mass is 10.1. The van der Waals surface area contributed by atoms with Gasteiger partial charge in [-0.2, -0.15) is 0 Å². The minimum absolute atomic E-state index is 0.421. The van der Waals surface area contributed by atoms with Gasteiger partial charge < -0.3 is 5.32 Å². The van der Waals surface area contributed by atoms with Crippen molar-refractivity contribution in [1.29, 1.82) is 0 Å². The second kappa shape index (κ2) is 3.87. The summed E-state index contributed by atoms with van der Waals surface area (Å²) in [6.07, 6.45) is 2.39. The summed E-state index contributed by atoms with van der Waals surface area (Å²) < 4.78 is 0. The fraction of sp³-hybridized carbons (Fsp3) is 0.400. The van der Waals surface area contributed by atoms with Crippen molar-refractivity contribution in [2.75, 3.05) is 6.54 Å². The first kappa shape index (κ1) is 9.32. The summed E-state index contributed by atoms with van der Waals surface area (Å²) in [5.74, 6) is 0. The highest BCUT2D eigenvalue weighted by Gasteiger charge is 2.18. The van der Waals surface area contributed by atoms with Crippen molar-refractivity contribution in [2.45, 2.75) is 18.9 Å². The largest absolute Gasteiger partial charge is 0.310 e. The van der Waals surface area contributed by atoms with Crippen molar-refractivity contribution in [1.82, 2.24) is 5.32 Å². The highest BCUT2D eigenvalue weighted by Crippen LogP contribution is 2.30. The van der Waals surface area contributed by atoms with E-state index in [1.165, 1.54) is 18.4 Å². The molecule has 70 valence electrons. The Morgan fingerprint density at radius 2 is 2.15 bits per heavy atom. The lowest BCUT2D eigenvalue weighted by Crippen LogP contribution is -2.13. The number of nitrogens with one attached hydrogen (secondary N) is 1. The van der Waals surface area contributed by atoms with E-state index in [2.05, 4.69) is 5.32 Å². The van der Waals surface area contributed by atoms with Gasteiger partial charge in [-0.25, -0.2) is 0 Å². The van der Waals surface area contributed by atoms with Gasteiger partial charge in [-0.1, -0.05) is 29.3 Å². The van der Waals surface area contributed by atoms with Crippen LogP contribution in [0.2, 0.25) is 10.0 Å². The summed E-state index contributed by atoms with van der Waals surface area (Å²) in [6, 6.07) is 6.12. The molecule has 13 heavy (non-hydrogen) atoms. The molecule has 1 fully saturated rings. The molecule has 1 nitrogen and oxygen atoms in total. The number of hydrogen-bond acceptors (Lipinski definition) is 1. The molecule has 1 heterocycles. The zero-order chi connectivity index (χ0) is 9.26. The first-order valence-corrected chi connectivity index (χ1v) is 5.21. The van der Waals surface area contributed by atoms with E-state index in [1.807, 2.05) is 12.1 Å². The van der Waals surface area contributed by atoms with E-state index >= 15 is 0 Å². The molecule has 0 radical (unpaired) electrons. The van der Waals surface area contributed by atoms with Gasteiger partial charge in [0, 0.05) is 16.1 Å². The van der Waals surface area contributed by atoms with Gasteiger partial charge in [0.05, 0.1) is 0 Å². The van der Waals surface area contributed by atoms with Gasteiger partial charge in [0.25, 0.3) is 0 Å². The lowest BCUT2D eigenvalue weighted by molar-refractivity contribution is 0.648. The van der Waals surface area contributed by atoms with Crippen LogP contribution < -0.4 is 5.32 Å². The molecule has 3 heteroatoms. The average Bonchev–Trinajstić information content (AvgIpc) is 2.56. The van der Waals surface area contributed by atoms with Crippen molar-refractivity contribution in [2.24, 2.45) is 0 Å². The van der Waals surface area contributed by atoms with Crippen molar-refractivity contribution in [3.8, 4) is 0 Å². The lowest BCUT2D eigenvalue weighted by Gasteiger charge is -2.12. The molecule has 0 saturated carbocycles. The normalized spacial score (nSPS) is 22.2. The summed E-state index contributed by atoms with van der Waals surface area (Å²) in [5.41, 5.74) is 1.17. The third-order valence-corrected chi connectivity index (χ3v) is 2.96. The maximum absolute atomic E-state index is 6.09. The predicted molar refractivity (Wildman–Crippen MR) is 56.4 cm³/mol. The maximum atomic E-state index is 6.09. The third-order valence-electron chi connectivity index (χ3n) is 2.40. The number of hydrogen-bond donors (Lipinski definition) is 1. The number of halogens is 2. The zero-order valence-electron chi connectivity index (χ0n) is 7.19. The van der Waals surface area contributed by atoms with E-state index in [1.54, 1.807) is 6.07 Å². The van der Waals surface area contributed by atoms with Gasteiger partial charge in [0.1, 0.15) is 0 Å². The molecule has 1 N–H and O–H groups in total. The van der Waals surface area contributed by atoms with Crippen molar-refractivity contribution < 1.29 is 0 Å². The Hall–Kier alpha value is -0.240. The van der Waals surface area contributed by atoms with Gasteiger partial charge >= 0.3 is 0 Å². The molecule has 0 amide bonds. The van der Waals surface area contributed by atoms with Crippen LogP contribution >= 0.6 is 23.2 Å². The molecule has 0 unspecified atom stereocenters. The minimum atomic E-state index is 0.421. The van der Waals surface area contributed by atoms with Crippen LogP contribution in [0.3, 0.4) is 0 Å². The second-order valence-electron chi connectivity index (χ2n) is 3.31. The summed E-state index contributed by atoms with van der Waals surface area (Å²) in [5, 5.41) is 4.88. The molecule has 0 spiro atoms. The van der Waals surface area contributed by atoms with Gasteiger partial charge in [0.15, 0.2) is 0 Å². The first-order valence-electron chi connectivity index (χ1n) is 4.46. The van der Waals surface area contributed by atoms with E-state index in [0.717, 1.165) is 11.6 Å². The molecule has 0 aromatic heterocycles. The van der Waals surface area contributed by atoms with Crippen LogP contribution in [0.1, 0.15) is 24.4 Å². The molecule has 1 aromatic carbocycles. The van der Waals surface area contributed by atoms with Crippen molar-refractivity contribution in [3.05, 3.63) is 33.8 Å². The smallest absolute Gasteiger partial charge is 0.0468 e. The standard InChI is InChI=1S/C10H11Cl2N/c11-7-3-4-8(9(12)6-7)10-2-1-5-13-10/h3-4,6,10,13H,1-2,5H2/t10-/m0/s1. The van der Waals surface area contributed by atoms with E-state index in [9.17, 15) is 0 Å². The molecular weight excluding hydrogens is 205 g/mol. The fourth-order valence-electron chi connectivity index (χ4n) is 1.73. The van der Waals surface area contributed by atoms with Crippen LogP contribution in [0.25, 0.3) is 0 Å². The molecule has 1 aromatic rings. The highest BCUT2D eigenvalue weighted by atomic mass is 35.5. The average molecular weight is 216 g/mol. The van der Waals surface area contributed by atoms with Gasteiger partial charge in [-0.05, 0) is 37.1 Å². The quantitative estimate of drug-likeness (QED) is 0.758. The fourth-order valence-corrected chi connectivity index (χ4v) is 2.27. The van der Waals surface area contributed by atoms with E-state index < -0.39 is 0 Å². The van der Waals surface area contributed by atoms with E-state index in [0.29, 0.717) is 11.1 Å². The topological polar surface area (TPSA) is 12.0 Å². The maximum Gasteiger partial charge on any atom is 0.0468 e. The third kappa shape index (κ3) is 1.98. The summed E-state index contributed by atoms with van der Waals surface area (Å²) in [4.78, 5) is 0. The molecule has 1 saturated heterocycles. The summed E-state index contributed by atoms with van der Waals surface area (Å²) in [6.45, 7) is 1.09. The van der Waals surface area contributed by atoms with Crippen LogP contribution in [-0.4, -0.2) is 6.54 Å². The summed E-state index contributed by atoms with van der Waals surface area (Å²) >= 11 is 11.9. The second-order valence-corrected chi connectivity index (χ2v) is 4.16. The van der Waals surface area contributed by atoms with Crippen molar-refractivity contribution >= 4 is 23.2 Å². The Bertz CT molecular complexity index is 306. The predicted octanol–water partition coefficient (Wildman–Crippen LogP) is 3.42. The van der Waals surface area contributed by atoms with Crippen LogP contribution in [-0.2, 0) is 0 Å². The van der Waals surface area contributed by atoms with Gasteiger partial charge in [0.2, 0.25) is 0 Å². The zero-order valence-corrected chi connectivity index (χ0v) is 8.70. The molecule has 1 aliphatic heterocycles. The monoisotopic (exact) mass is 215 g/mol. The van der Waals surface area contributed by atoms with Crippen LogP contribution in [0.5, 0.6) is 0 Å². The Balaban J connectivity index is 2.29. The Morgan fingerprint density at radius 3 is 2.77 bits per heavy atom. The molecule has 2 rings (SSSR count). The molecule has 0 bridgehead atoms. The van der Waals surface area contributed by atoms with Crippen LogP contribution in [0.4, 0.5) is 0 Å². The number of benzene rings is 1. The first-order chi connectivity index (χ1) is 6.27. The van der Waals surface area contributed by atoms with Crippen LogP contribution in [0, 0.1) is 0 Å². The van der Waals surface area contributed by atoms with Crippen LogP contribution in [0.15, 0.2) is 18.2 Å². The number of rotatable bonds is 1. The summed E-state index contributed by atoms with van der Waals surface area (Å²) in [7, 11) is 0. The molecule has 0 aliphatic carbocycles. The Morgan fingerprint density at radius 1 is 1.31 bits per heavy atom. The van der Waals surface area contributed by atoms with E-state index in [-0.39, 0.29) is 0 Å². The molecular formula is C10H11Cl2N. The van der Waals surface area contributed by atoms with Gasteiger partial charge in [-0.15, -0.1) is 0 Å². The molecule has 1 atom stereocenters. The Kier molecular flexibility index (Phi) is 2.77. The SMILES string of the molecule is Clc1ccc([C@@H]2CCCN2)c(Cl)c1. The minimum Gasteiger partial charge on any atom is -0.310 e. The van der Waals surface area contributed by atoms with Gasteiger partial charge in [-0.3, -0.25) is 0 Å². The van der Waals surface area contributed by atoms with Crippen molar-refractivity contribution in [3.63, 3.8) is 0 Å².